The fourth-order valence-electron chi connectivity index (χ4n) is 3.10. The molecule has 0 aliphatic carbocycles. The molecule has 2 N–H and O–H groups in total. The maximum Gasteiger partial charge on any atom is 0.318 e. The van der Waals surface area contributed by atoms with Crippen LogP contribution in [0.1, 0.15) is 17.2 Å². The number of aromatic nitrogens is 1. The number of hydrogen-bond acceptors (Lipinski definition) is 4. The quantitative estimate of drug-likeness (QED) is 0.852. The van der Waals surface area contributed by atoms with Crippen LogP contribution in [-0.4, -0.2) is 65.3 Å². The number of piperazine rings is 1. The fraction of sp³-hybridized carbons (Fsp3) is 0.368. The van der Waals surface area contributed by atoms with E-state index in [0.717, 1.165) is 24.2 Å². The van der Waals surface area contributed by atoms with Crippen LogP contribution in [0.5, 0.6) is 0 Å². The van der Waals surface area contributed by atoms with E-state index >= 15 is 0 Å². The highest BCUT2D eigenvalue weighted by molar-refractivity contribution is 5.75. The van der Waals surface area contributed by atoms with Gasteiger partial charge in [-0.25, -0.2) is 9.18 Å². The molecule has 1 aromatic heterocycles. The number of nitrogens with one attached hydrogen (secondary N) is 1. The Morgan fingerprint density at radius 3 is 2.31 bits per heavy atom. The van der Waals surface area contributed by atoms with E-state index in [1.807, 2.05) is 12.1 Å². The van der Waals surface area contributed by atoms with Crippen molar-refractivity contribution < 1.29 is 14.3 Å². The van der Waals surface area contributed by atoms with Gasteiger partial charge in [-0.15, -0.1) is 0 Å². The number of halogens is 1. The summed E-state index contributed by atoms with van der Waals surface area (Å²) in [5.41, 5.74) is 1.70. The lowest BCUT2D eigenvalue weighted by atomic mass is 10.00. The number of benzene rings is 1. The first-order chi connectivity index (χ1) is 12.7. The van der Waals surface area contributed by atoms with Crippen molar-refractivity contribution in [2.75, 3.05) is 39.3 Å². The Kier molecular flexibility index (Phi) is 6.14. The van der Waals surface area contributed by atoms with E-state index in [9.17, 15) is 9.18 Å². The number of rotatable bonds is 5. The molecule has 26 heavy (non-hydrogen) atoms. The number of amides is 2. The average Bonchev–Trinajstić information content (AvgIpc) is 2.68. The van der Waals surface area contributed by atoms with Gasteiger partial charge in [0.2, 0.25) is 0 Å². The minimum absolute atomic E-state index is 0.126. The molecule has 0 spiro atoms. The molecule has 2 heterocycles. The lowest BCUT2D eigenvalue weighted by Gasteiger charge is -2.35. The van der Waals surface area contributed by atoms with Crippen molar-refractivity contribution in [2.45, 2.75) is 6.04 Å². The van der Waals surface area contributed by atoms with Crippen molar-refractivity contribution in [3.05, 3.63) is 65.7 Å². The molecule has 1 unspecified atom stereocenters. The summed E-state index contributed by atoms with van der Waals surface area (Å²) >= 11 is 0. The molecule has 0 bridgehead atoms. The Morgan fingerprint density at radius 2 is 1.69 bits per heavy atom. The van der Waals surface area contributed by atoms with Crippen molar-refractivity contribution >= 4 is 6.03 Å². The lowest BCUT2D eigenvalue weighted by molar-refractivity contribution is 0.121. The minimum Gasteiger partial charge on any atom is -0.395 e. The topological polar surface area (TPSA) is 68.7 Å². The highest BCUT2D eigenvalue weighted by Gasteiger charge is 2.24. The number of urea groups is 1. The van der Waals surface area contributed by atoms with Crippen LogP contribution in [0.2, 0.25) is 0 Å². The summed E-state index contributed by atoms with van der Waals surface area (Å²) in [6, 6.07) is 9.30. The Morgan fingerprint density at radius 1 is 1.08 bits per heavy atom. The second-order valence-corrected chi connectivity index (χ2v) is 6.27. The van der Waals surface area contributed by atoms with Gasteiger partial charge in [-0.2, -0.15) is 0 Å². The molecule has 1 saturated heterocycles. The van der Waals surface area contributed by atoms with Gasteiger partial charge in [0.1, 0.15) is 5.82 Å². The summed E-state index contributed by atoms with van der Waals surface area (Å²) in [4.78, 5) is 20.7. The third-order valence-corrected chi connectivity index (χ3v) is 4.59. The van der Waals surface area contributed by atoms with Crippen LogP contribution >= 0.6 is 0 Å². The molecule has 0 saturated carbocycles. The number of hydrogen-bond donors (Lipinski definition) is 2. The normalized spacial score (nSPS) is 16.3. The highest BCUT2D eigenvalue weighted by atomic mass is 19.1. The zero-order valence-electron chi connectivity index (χ0n) is 14.5. The van der Waals surface area contributed by atoms with Crippen molar-refractivity contribution in [3.8, 4) is 0 Å². The minimum atomic E-state index is -0.374. The molecule has 1 aliphatic rings. The summed E-state index contributed by atoms with van der Waals surface area (Å²) in [6.07, 6.45) is 3.34. The molecule has 1 aromatic carbocycles. The predicted octanol–water partition coefficient (Wildman–Crippen LogP) is 1.63. The number of pyridine rings is 1. The van der Waals surface area contributed by atoms with E-state index in [1.165, 1.54) is 12.1 Å². The van der Waals surface area contributed by atoms with Crippen LogP contribution in [0.15, 0.2) is 48.8 Å². The largest absolute Gasteiger partial charge is 0.395 e. The predicted molar refractivity (Wildman–Crippen MR) is 96.1 cm³/mol. The monoisotopic (exact) mass is 358 g/mol. The molecular formula is C19H23FN4O2. The summed E-state index contributed by atoms with van der Waals surface area (Å²) in [5.74, 6) is -0.312. The van der Waals surface area contributed by atoms with Gasteiger partial charge in [0, 0.05) is 45.1 Å². The number of carbonyl (C=O) groups excluding carboxylic acids is 1. The number of carbonyl (C=O) groups is 1. The van der Waals surface area contributed by atoms with Crippen LogP contribution in [0.3, 0.4) is 0 Å². The van der Waals surface area contributed by atoms with E-state index in [1.54, 1.807) is 29.4 Å². The maximum atomic E-state index is 13.3. The lowest BCUT2D eigenvalue weighted by Crippen LogP contribution is -2.52. The van der Waals surface area contributed by atoms with E-state index < -0.39 is 0 Å². The number of nitrogens with zero attached hydrogens (tertiary/aromatic N) is 3. The molecule has 1 aliphatic heterocycles. The summed E-state index contributed by atoms with van der Waals surface area (Å²) in [6.45, 7) is 3.46. The van der Waals surface area contributed by atoms with E-state index in [4.69, 9.17) is 5.11 Å². The smallest absolute Gasteiger partial charge is 0.318 e. The number of β-amino-alcohol motifs (C(OH)–C–C–N with tert-alkyl or cyclic N) is 1. The first-order valence-electron chi connectivity index (χ1n) is 8.71. The Bertz CT molecular complexity index is 703. The number of aliphatic hydroxyl groups is 1. The second kappa shape index (κ2) is 8.73. The molecule has 1 atom stereocenters. The first kappa shape index (κ1) is 18.3. The molecule has 6 nitrogen and oxygen atoms in total. The Labute approximate surface area is 152 Å². The number of aliphatic hydroxyl groups excluding tert-OH is 1. The van der Waals surface area contributed by atoms with Crippen LogP contribution < -0.4 is 5.32 Å². The van der Waals surface area contributed by atoms with Gasteiger partial charge in [0.15, 0.2) is 0 Å². The van der Waals surface area contributed by atoms with Crippen LogP contribution in [0.25, 0.3) is 0 Å². The zero-order chi connectivity index (χ0) is 18.4. The van der Waals surface area contributed by atoms with E-state index in [2.05, 4.69) is 15.2 Å². The summed E-state index contributed by atoms with van der Waals surface area (Å²) < 4.78 is 13.3. The van der Waals surface area contributed by atoms with E-state index in [-0.39, 0.29) is 24.5 Å². The van der Waals surface area contributed by atoms with Crippen molar-refractivity contribution in [3.63, 3.8) is 0 Å². The third-order valence-electron chi connectivity index (χ3n) is 4.59. The SMILES string of the molecule is O=C(NC(c1ccncc1)c1ccc(F)cc1)N1CCN(CCO)CC1. The highest BCUT2D eigenvalue weighted by Crippen LogP contribution is 2.22. The second-order valence-electron chi connectivity index (χ2n) is 6.27. The summed E-state index contributed by atoms with van der Waals surface area (Å²) in [5, 5.41) is 12.1. The molecule has 2 amide bonds. The summed E-state index contributed by atoms with van der Waals surface area (Å²) in [7, 11) is 0. The molecular weight excluding hydrogens is 335 g/mol. The first-order valence-corrected chi connectivity index (χ1v) is 8.71. The third kappa shape index (κ3) is 4.56. The van der Waals surface area contributed by atoms with Gasteiger partial charge in [-0.1, -0.05) is 12.1 Å². The van der Waals surface area contributed by atoms with Crippen molar-refractivity contribution in [2.24, 2.45) is 0 Å². The van der Waals surface area contributed by atoms with Gasteiger partial charge in [0.05, 0.1) is 12.6 Å². The van der Waals surface area contributed by atoms with Gasteiger partial charge in [-0.3, -0.25) is 9.88 Å². The molecule has 3 rings (SSSR count). The molecule has 1 fully saturated rings. The molecule has 7 heteroatoms. The zero-order valence-corrected chi connectivity index (χ0v) is 14.5. The Hall–Kier alpha value is -2.51. The van der Waals surface area contributed by atoms with E-state index in [0.29, 0.717) is 19.6 Å². The maximum absolute atomic E-state index is 13.3. The van der Waals surface area contributed by atoms with Gasteiger partial charge >= 0.3 is 6.03 Å². The van der Waals surface area contributed by atoms with Crippen LogP contribution in [0.4, 0.5) is 9.18 Å². The Balaban J connectivity index is 1.72. The average molecular weight is 358 g/mol. The molecule has 0 radical (unpaired) electrons. The van der Waals surface area contributed by atoms with Gasteiger partial charge in [-0.05, 0) is 35.4 Å². The van der Waals surface area contributed by atoms with Crippen LogP contribution in [-0.2, 0) is 0 Å². The molecule has 2 aromatic rings. The van der Waals surface area contributed by atoms with Crippen molar-refractivity contribution in [1.82, 2.24) is 20.1 Å². The van der Waals surface area contributed by atoms with Gasteiger partial charge in [0.25, 0.3) is 0 Å². The van der Waals surface area contributed by atoms with Crippen LogP contribution in [0, 0.1) is 5.82 Å². The van der Waals surface area contributed by atoms with Gasteiger partial charge < -0.3 is 15.3 Å². The van der Waals surface area contributed by atoms with Crippen molar-refractivity contribution in [1.29, 1.82) is 0 Å². The fourth-order valence-corrected chi connectivity index (χ4v) is 3.10. The standard InChI is InChI=1S/C19H23FN4O2/c20-17-3-1-15(2-4-17)18(16-5-7-21-8-6-16)22-19(26)24-11-9-23(10-12-24)13-14-25/h1-8,18,25H,9-14H2,(H,22,26). The molecule has 138 valence electrons.